The largest absolute Gasteiger partial charge is 0.389 e. The Kier molecular flexibility index (Phi) is 5.72. The van der Waals surface area contributed by atoms with E-state index in [0.29, 0.717) is 19.5 Å². The van der Waals surface area contributed by atoms with Gasteiger partial charge in [0.1, 0.15) is 0 Å². The maximum atomic E-state index is 12.6. The zero-order chi connectivity index (χ0) is 19.7. The molecule has 6 heteroatoms. The Morgan fingerprint density at radius 1 is 1.11 bits per heavy atom. The molecule has 2 aromatic carbocycles. The van der Waals surface area contributed by atoms with Crippen LogP contribution < -0.4 is 0 Å². The molecule has 1 N–H and O–H groups in total. The highest BCUT2D eigenvalue weighted by molar-refractivity contribution is 7.86. The molecule has 0 radical (unpaired) electrons. The highest BCUT2D eigenvalue weighted by Crippen LogP contribution is 2.31. The molecule has 1 aliphatic heterocycles. The maximum Gasteiger partial charge on any atom is 0.297 e. The minimum absolute atomic E-state index is 0.161. The molecule has 0 aromatic heterocycles. The van der Waals surface area contributed by atoms with E-state index in [2.05, 4.69) is 4.90 Å². The van der Waals surface area contributed by atoms with Gasteiger partial charge in [-0.25, -0.2) is 0 Å². The number of aliphatic hydroxyl groups is 1. The summed E-state index contributed by atoms with van der Waals surface area (Å²) in [6.07, 6.45) is -0.0297. The Labute approximate surface area is 161 Å². The van der Waals surface area contributed by atoms with Crippen LogP contribution in [0.5, 0.6) is 0 Å². The van der Waals surface area contributed by atoms with E-state index in [4.69, 9.17) is 4.18 Å². The normalized spacial score (nSPS) is 21.5. The Morgan fingerprint density at radius 2 is 1.74 bits per heavy atom. The molecule has 0 aliphatic carbocycles. The third-order valence-electron chi connectivity index (χ3n) is 4.98. The molecule has 1 heterocycles. The summed E-state index contributed by atoms with van der Waals surface area (Å²) in [4.78, 5) is 2.26. The third kappa shape index (κ3) is 4.96. The Bertz CT molecular complexity index is 857. The molecule has 3 rings (SSSR count). The number of hydrogen-bond acceptors (Lipinski definition) is 5. The van der Waals surface area contributed by atoms with E-state index >= 15 is 0 Å². The summed E-state index contributed by atoms with van der Waals surface area (Å²) in [7, 11) is -3.83. The predicted molar refractivity (Wildman–Crippen MR) is 105 cm³/mol. The van der Waals surface area contributed by atoms with E-state index in [1.54, 1.807) is 38.1 Å². The average Bonchev–Trinajstić information content (AvgIpc) is 2.98. The third-order valence-corrected chi connectivity index (χ3v) is 6.36. The number of benzene rings is 2. The number of rotatable bonds is 6. The van der Waals surface area contributed by atoms with Crippen molar-refractivity contribution in [3.05, 3.63) is 65.7 Å². The van der Waals surface area contributed by atoms with Crippen LogP contribution in [0.4, 0.5) is 0 Å². The number of likely N-dealkylation sites (tertiary alicyclic amines) is 1. The molecule has 0 bridgehead atoms. The molecule has 0 saturated carbocycles. The SMILES string of the molecule is Cc1ccc(S(=O)(=O)O[C@@H]2C[C@@H](C(C)(C)O)N(Cc3ccccc3)C2)cc1. The van der Waals surface area contributed by atoms with Gasteiger partial charge in [-0.3, -0.25) is 9.08 Å². The molecule has 0 spiro atoms. The molecule has 1 fully saturated rings. The van der Waals surface area contributed by atoms with Gasteiger partial charge in [-0.15, -0.1) is 0 Å². The smallest absolute Gasteiger partial charge is 0.297 e. The monoisotopic (exact) mass is 389 g/mol. The molecular formula is C21H27NO4S. The van der Waals surface area contributed by atoms with Crippen molar-refractivity contribution >= 4 is 10.1 Å². The van der Waals surface area contributed by atoms with Crippen LogP contribution in [0.1, 0.15) is 31.4 Å². The summed E-state index contributed by atoms with van der Waals surface area (Å²) < 4.78 is 30.8. The predicted octanol–water partition coefficient (Wildman–Crippen LogP) is 3.11. The first-order chi connectivity index (χ1) is 12.6. The van der Waals surface area contributed by atoms with Gasteiger partial charge in [0.2, 0.25) is 0 Å². The van der Waals surface area contributed by atoms with Gasteiger partial charge in [-0.2, -0.15) is 8.42 Å². The van der Waals surface area contributed by atoms with Gasteiger partial charge < -0.3 is 5.11 Å². The zero-order valence-electron chi connectivity index (χ0n) is 16.0. The first kappa shape index (κ1) is 20.0. The fourth-order valence-corrected chi connectivity index (χ4v) is 4.68. The van der Waals surface area contributed by atoms with E-state index in [1.165, 1.54) is 0 Å². The fraction of sp³-hybridized carbons (Fsp3) is 0.429. The van der Waals surface area contributed by atoms with Crippen molar-refractivity contribution in [2.75, 3.05) is 6.54 Å². The van der Waals surface area contributed by atoms with Gasteiger partial charge in [-0.1, -0.05) is 48.0 Å². The lowest BCUT2D eigenvalue weighted by atomic mass is 9.96. The second-order valence-corrected chi connectivity index (χ2v) is 9.38. The van der Waals surface area contributed by atoms with Gasteiger partial charge in [-0.05, 0) is 44.9 Å². The lowest BCUT2D eigenvalue weighted by Crippen LogP contribution is -2.45. The fourth-order valence-electron chi connectivity index (χ4n) is 3.60. The first-order valence-corrected chi connectivity index (χ1v) is 10.6. The molecule has 5 nitrogen and oxygen atoms in total. The van der Waals surface area contributed by atoms with Crippen LogP contribution in [0.15, 0.2) is 59.5 Å². The van der Waals surface area contributed by atoms with Crippen molar-refractivity contribution in [2.24, 2.45) is 0 Å². The van der Waals surface area contributed by atoms with Crippen molar-refractivity contribution in [3.63, 3.8) is 0 Å². The highest BCUT2D eigenvalue weighted by atomic mass is 32.2. The molecule has 27 heavy (non-hydrogen) atoms. The zero-order valence-corrected chi connectivity index (χ0v) is 16.8. The summed E-state index contributed by atoms with van der Waals surface area (Å²) in [5.74, 6) is 0. The van der Waals surface area contributed by atoms with Crippen molar-refractivity contribution in [3.8, 4) is 0 Å². The molecule has 1 saturated heterocycles. The first-order valence-electron chi connectivity index (χ1n) is 9.15. The molecule has 146 valence electrons. The van der Waals surface area contributed by atoms with Gasteiger partial charge in [0, 0.05) is 19.1 Å². The molecule has 0 unspecified atom stereocenters. The van der Waals surface area contributed by atoms with Crippen molar-refractivity contribution in [1.29, 1.82) is 0 Å². The second-order valence-electron chi connectivity index (χ2n) is 7.81. The van der Waals surface area contributed by atoms with Crippen LogP contribution in [-0.2, 0) is 20.8 Å². The van der Waals surface area contributed by atoms with Crippen LogP contribution in [0.3, 0.4) is 0 Å². The van der Waals surface area contributed by atoms with Crippen molar-refractivity contribution < 1.29 is 17.7 Å². The topological polar surface area (TPSA) is 66.8 Å². The Morgan fingerprint density at radius 3 is 2.33 bits per heavy atom. The number of nitrogens with zero attached hydrogens (tertiary/aromatic N) is 1. The Hall–Kier alpha value is -1.73. The summed E-state index contributed by atoms with van der Waals surface area (Å²) in [6.45, 7) is 6.51. The van der Waals surface area contributed by atoms with Crippen LogP contribution in [0, 0.1) is 6.92 Å². The Balaban J connectivity index is 1.76. The highest BCUT2D eigenvalue weighted by Gasteiger charge is 2.42. The quantitative estimate of drug-likeness (QED) is 0.769. The molecule has 2 atom stereocenters. The lowest BCUT2D eigenvalue weighted by Gasteiger charge is -2.33. The average molecular weight is 390 g/mol. The van der Waals surface area contributed by atoms with E-state index in [0.717, 1.165) is 11.1 Å². The molecular weight excluding hydrogens is 362 g/mol. The van der Waals surface area contributed by atoms with Gasteiger partial charge in [0.25, 0.3) is 10.1 Å². The van der Waals surface area contributed by atoms with Crippen LogP contribution in [0.25, 0.3) is 0 Å². The second kappa shape index (κ2) is 7.72. The van der Waals surface area contributed by atoms with Crippen LogP contribution >= 0.6 is 0 Å². The van der Waals surface area contributed by atoms with E-state index in [1.807, 2.05) is 37.3 Å². The molecule has 0 amide bonds. The van der Waals surface area contributed by atoms with Gasteiger partial charge >= 0.3 is 0 Å². The van der Waals surface area contributed by atoms with Crippen molar-refractivity contribution in [1.82, 2.24) is 4.90 Å². The van der Waals surface area contributed by atoms with E-state index in [-0.39, 0.29) is 10.9 Å². The summed E-state index contributed by atoms with van der Waals surface area (Å²) in [6, 6.07) is 16.4. The summed E-state index contributed by atoms with van der Waals surface area (Å²) >= 11 is 0. The van der Waals surface area contributed by atoms with E-state index < -0.39 is 21.8 Å². The molecule has 1 aliphatic rings. The van der Waals surface area contributed by atoms with Crippen LogP contribution in [-0.4, -0.2) is 42.7 Å². The number of aryl methyl sites for hydroxylation is 1. The summed E-state index contributed by atoms with van der Waals surface area (Å²) in [5.41, 5.74) is 1.15. The minimum Gasteiger partial charge on any atom is -0.389 e. The maximum absolute atomic E-state index is 12.6. The minimum atomic E-state index is -3.83. The van der Waals surface area contributed by atoms with Crippen LogP contribution in [0.2, 0.25) is 0 Å². The van der Waals surface area contributed by atoms with Gasteiger partial charge in [0.15, 0.2) is 0 Å². The van der Waals surface area contributed by atoms with E-state index in [9.17, 15) is 13.5 Å². The molecule has 2 aromatic rings. The standard InChI is InChI=1S/C21H27NO4S/c1-16-9-11-19(12-10-16)27(24,25)26-18-13-20(21(2,3)23)22(15-18)14-17-7-5-4-6-8-17/h4-12,18,20,23H,13-15H2,1-3H3/t18-,20+/m1/s1. The summed E-state index contributed by atoms with van der Waals surface area (Å²) in [5, 5.41) is 10.6. The van der Waals surface area contributed by atoms with Gasteiger partial charge in [0.05, 0.1) is 16.6 Å². The lowest BCUT2D eigenvalue weighted by molar-refractivity contribution is -0.00522. The van der Waals surface area contributed by atoms with Crippen molar-refractivity contribution in [2.45, 2.75) is 56.4 Å². The number of hydrogen-bond donors (Lipinski definition) is 1.